The van der Waals surface area contributed by atoms with Crippen molar-refractivity contribution in [1.82, 2.24) is 0 Å². The van der Waals surface area contributed by atoms with Crippen molar-refractivity contribution in [2.75, 3.05) is 33.3 Å². The van der Waals surface area contributed by atoms with Crippen LogP contribution in [0.2, 0.25) is 0 Å². The molecule has 0 bridgehead atoms. The first-order chi connectivity index (χ1) is 11.6. The summed E-state index contributed by atoms with van der Waals surface area (Å²) in [5.41, 5.74) is 0.519. The molecule has 1 amide bonds. The Morgan fingerprint density at radius 2 is 1.62 bits per heavy atom. The van der Waals surface area contributed by atoms with E-state index in [-0.39, 0.29) is 12.5 Å². The highest BCUT2D eigenvalue weighted by Crippen LogP contribution is 2.39. The van der Waals surface area contributed by atoms with Crippen molar-refractivity contribution >= 4 is 27.5 Å². The van der Waals surface area contributed by atoms with Gasteiger partial charge in [-0.2, -0.15) is 0 Å². The molecule has 0 radical (unpaired) electrons. The first-order valence-electron chi connectivity index (χ1n) is 7.06. The fraction of sp³-hybridized carbons (Fsp3) is 0.235. The van der Waals surface area contributed by atoms with Crippen molar-refractivity contribution in [2.45, 2.75) is 0 Å². The molecule has 6 nitrogen and oxygen atoms in total. The molecule has 0 aliphatic rings. The van der Waals surface area contributed by atoms with Crippen molar-refractivity contribution in [3.8, 4) is 23.0 Å². The number of benzene rings is 2. The van der Waals surface area contributed by atoms with Gasteiger partial charge >= 0.3 is 0 Å². The minimum Gasteiger partial charge on any atom is -0.493 e. The number of amides is 1. The van der Waals surface area contributed by atoms with Crippen LogP contribution < -0.4 is 24.3 Å². The van der Waals surface area contributed by atoms with Gasteiger partial charge in [0.05, 0.1) is 25.8 Å². The summed E-state index contributed by atoms with van der Waals surface area (Å²) < 4.78 is 22.0. The standard InChI is InChI=1S/C17H18BrNO5/c1-21-14-8-11(9-15(22-2)17(14)23-3)19-16(20)10-24-13-7-5-4-6-12(13)18/h4-9H,10H2,1-3H3,(H,19,20). The van der Waals surface area contributed by atoms with Crippen molar-refractivity contribution in [3.63, 3.8) is 0 Å². The summed E-state index contributed by atoms with van der Waals surface area (Å²) in [5.74, 6) is 1.66. The van der Waals surface area contributed by atoms with Gasteiger partial charge < -0.3 is 24.3 Å². The SMILES string of the molecule is COc1cc(NC(=O)COc2ccccc2Br)cc(OC)c1OC. The summed E-state index contributed by atoms with van der Waals surface area (Å²) in [5, 5.41) is 2.74. The lowest BCUT2D eigenvalue weighted by Gasteiger charge is -2.15. The summed E-state index contributed by atoms with van der Waals surface area (Å²) >= 11 is 3.36. The van der Waals surface area contributed by atoms with Crippen LogP contribution in [0.15, 0.2) is 40.9 Å². The summed E-state index contributed by atoms with van der Waals surface area (Å²) in [6.45, 7) is -0.126. The van der Waals surface area contributed by atoms with E-state index in [2.05, 4.69) is 21.2 Å². The normalized spacial score (nSPS) is 10.0. The molecule has 0 unspecified atom stereocenters. The van der Waals surface area contributed by atoms with Crippen molar-refractivity contribution in [1.29, 1.82) is 0 Å². The maximum absolute atomic E-state index is 12.1. The molecule has 0 heterocycles. The van der Waals surface area contributed by atoms with E-state index in [4.69, 9.17) is 18.9 Å². The predicted molar refractivity (Wildman–Crippen MR) is 94.4 cm³/mol. The molecule has 0 aliphatic carbocycles. The fourth-order valence-corrected chi connectivity index (χ4v) is 2.45. The van der Waals surface area contributed by atoms with Crippen molar-refractivity contribution < 1.29 is 23.7 Å². The summed E-state index contributed by atoms with van der Waals surface area (Å²) in [6, 6.07) is 10.6. The largest absolute Gasteiger partial charge is 0.493 e. The van der Waals surface area contributed by atoms with Crippen LogP contribution in [0, 0.1) is 0 Å². The number of nitrogens with one attached hydrogen (secondary N) is 1. The summed E-state index contributed by atoms with van der Waals surface area (Å²) in [7, 11) is 4.54. The number of methoxy groups -OCH3 is 3. The average molecular weight is 396 g/mol. The van der Waals surface area contributed by atoms with Crippen LogP contribution in [-0.2, 0) is 4.79 Å². The number of ether oxygens (including phenoxy) is 4. The highest BCUT2D eigenvalue weighted by Gasteiger charge is 2.14. The smallest absolute Gasteiger partial charge is 0.262 e. The molecule has 2 aromatic rings. The van der Waals surface area contributed by atoms with E-state index in [1.807, 2.05) is 18.2 Å². The van der Waals surface area contributed by atoms with Crippen LogP contribution in [0.5, 0.6) is 23.0 Å². The van der Waals surface area contributed by atoms with Crippen LogP contribution in [-0.4, -0.2) is 33.8 Å². The quantitative estimate of drug-likeness (QED) is 0.776. The van der Waals surface area contributed by atoms with E-state index in [9.17, 15) is 4.79 Å². The lowest BCUT2D eigenvalue weighted by atomic mass is 10.2. The number of rotatable bonds is 7. The number of halogens is 1. The van der Waals surface area contributed by atoms with Gasteiger partial charge in [0.2, 0.25) is 5.75 Å². The maximum Gasteiger partial charge on any atom is 0.262 e. The van der Waals surface area contributed by atoms with Gasteiger partial charge in [-0.1, -0.05) is 12.1 Å². The zero-order valence-electron chi connectivity index (χ0n) is 13.6. The molecule has 7 heteroatoms. The Hall–Kier alpha value is -2.41. The second-order valence-electron chi connectivity index (χ2n) is 4.68. The zero-order chi connectivity index (χ0) is 17.5. The van der Waals surface area contributed by atoms with Gasteiger partial charge in [0.15, 0.2) is 18.1 Å². The summed E-state index contributed by atoms with van der Waals surface area (Å²) in [4.78, 5) is 12.1. The average Bonchev–Trinajstić information content (AvgIpc) is 2.60. The molecule has 0 saturated carbocycles. The van der Waals surface area contributed by atoms with E-state index in [1.54, 1.807) is 18.2 Å². The highest BCUT2D eigenvalue weighted by molar-refractivity contribution is 9.10. The lowest BCUT2D eigenvalue weighted by molar-refractivity contribution is -0.118. The summed E-state index contributed by atoms with van der Waals surface area (Å²) in [6.07, 6.45) is 0. The Morgan fingerprint density at radius 3 is 2.17 bits per heavy atom. The predicted octanol–water partition coefficient (Wildman–Crippen LogP) is 3.49. The molecule has 1 N–H and O–H groups in total. The first kappa shape index (κ1) is 17.9. The van der Waals surface area contributed by atoms with E-state index < -0.39 is 0 Å². The van der Waals surface area contributed by atoms with Gasteiger partial charge in [0.25, 0.3) is 5.91 Å². The highest BCUT2D eigenvalue weighted by atomic mass is 79.9. The van der Waals surface area contributed by atoms with E-state index in [0.29, 0.717) is 28.7 Å². The monoisotopic (exact) mass is 395 g/mol. The second-order valence-corrected chi connectivity index (χ2v) is 5.54. The number of hydrogen-bond donors (Lipinski definition) is 1. The van der Waals surface area contributed by atoms with Crippen LogP contribution in [0.25, 0.3) is 0 Å². The van der Waals surface area contributed by atoms with Crippen LogP contribution in [0.4, 0.5) is 5.69 Å². The molecule has 128 valence electrons. The Labute approximate surface area is 148 Å². The van der Waals surface area contributed by atoms with Crippen LogP contribution in [0.1, 0.15) is 0 Å². The van der Waals surface area contributed by atoms with Crippen molar-refractivity contribution in [3.05, 3.63) is 40.9 Å². The molecule has 2 rings (SSSR count). The lowest BCUT2D eigenvalue weighted by Crippen LogP contribution is -2.20. The van der Waals surface area contributed by atoms with Gasteiger partial charge in [0.1, 0.15) is 5.75 Å². The molecule has 0 aliphatic heterocycles. The number of carbonyl (C=O) groups excluding carboxylic acids is 1. The van der Waals surface area contributed by atoms with Gasteiger partial charge in [-0.25, -0.2) is 0 Å². The van der Waals surface area contributed by atoms with Gasteiger partial charge in [-0.15, -0.1) is 0 Å². The fourth-order valence-electron chi connectivity index (χ4n) is 2.06. The first-order valence-corrected chi connectivity index (χ1v) is 7.85. The third-order valence-corrected chi connectivity index (χ3v) is 3.80. The Kier molecular flexibility index (Phi) is 6.31. The van der Waals surface area contributed by atoms with Crippen molar-refractivity contribution in [2.24, 2.45) is 0 Å². The minimum atomic E-state index is -0.306. The molecule has 24 heavy (non-hydrogen) atoms. The van der Waals surface area contributed by atoms with Crippen LogP contribution in [0.3, 0.4) is 0 Å². The Balaban J connectivity index is 2.07. The molecule has 0 atom stereocenters. The Morgan fingerprint density at radius 1 is 1.00 bits per heavy atom. The number of carbonyl (C=O) groups is 1. The molecular weight excluding hydrogens is 378 g/mol. The topological polar surface area (TPSA) is 66.0 Å². The van der Waals surface area contributed by atoms with E-state index in [0.717, 1.165) is 4.47 Å². The number of para-hydroxylation sites is 1. The molecule has 2 aromatic carbocycles. The third kappa shape index (κ3) is 4.32. The third-order valence-electron chi connectivity index (χ3n) is 3.14. The minimum absolute atomic E-state index is 0.126. The molecule has 0 aromatic heterocycles. The Bertz CT molecular complexity index is 695. The number of anilines is 1. The van der Waals surface area contributed by atoms with Gasteiger partial charge in [-0.05, 0) is 28.1 Å². The van der Waals surface area contributed by atoms with E-state index >= 15 is 0 Å². The number of hydrogen-bond acceptors (Lipinski definition) is 5. The zero-order valence-corrected chi connectivity index (χ0v) is 15.2. The molecule has 0 saturated heterocycles. The molecular formula is C17H18BrNO5. The molecule has 0 fully saturated rings. The van der Waals surface area contributed by atoms with Gasteiger partial charge in [-0.3, -0.25) is 4.79 Å². The van der Waals surface area contributed by atoms with E-state index in [1.165, 1.54) is 21.3 Å². The van der Waals surface area contributed by atoms with Gasteiger partial charge in [0, 0.05) is 17.8 Å². The molecule has 0 spiro atoms. The maximum atomic E-state index is 12.1. The second kappa shape index (κ2) is 8.44. The van der Waals surface area contributed by atoms with Crippen LogP contribution >= 0.6 is 15.9 Å².